The lowest BCUT2D eigenvalue weighted by molar-refractivity contribution is -0.162. The number of amides is 1. The second-order valence-corrected chi connectivity index (χ2v) is 11.8. The van der Waals surface area contributed by atoms with E-state index in [0.29, 0.717) is 79.9 Å². The van der Waals surface area contributed by atoms with Crippen molar-refractivity contribution in [1.29, 1.82) is 0 Å². The second-order valence-electron chi connectivity index (χ2n) is 11.8. The summed E-state index contributed by atoms with van der Waals surface area (Å²) in [6.45, 7) is 3.15. The fourth-order valence-corrected chi connectivity index (χ4v) is 6.32. The zero-order chi connectivity index (χ0) is 35.3. The van der Waals surface area contributed by atoms with E-state index in [2.05, 4.69) is 0 Å². The van der Waals surface area contributed by atoms with Gasteiger partial charge in [0, 0.05) is 13.1 Å². The Morgan fingerprint density at radius 2 is 1.55 bits per heavy atom. The lowest BCUT2D eigenvalue weighted by Crippen LogP contribution is -2.50. The summed E-state index contributed by atoms with van der Waals surface area (Å²) in [7, 11) is 7.82. The van der Waals surface area contributed by atoms with Crippen LogP contribution in [0.2, 0.25) is 0 Å². The Kier molecular flexibility index (Phi) is 13.8. The first-order valence-electron chi connectivity index (χ1n) is 16.8. The predicted molar refractivity (Wildman–Crippen MR) is 186 cm³/mol. The molecular weight excluding hydrogens is 628 g/mol. The van der Waals surface area contributed by atoms with Crippen LogP contribution in [0.5, 0.6) is 34.5 Å². The average molecular weight is 679 g/mol. The predicted octanol–water partition coefficient (Wildman–Crippen LogP) is 5.86. The van der Waals surface area contributed by atoms with E-state index < -0.39 is 24.0 Å². The number of hydrogen-bond donors (Lipinski definition) is 1. The first-order valence-corrected chi connectivity index (χ1v) is 16.8. The topological polar surface area (TPSA) is 128 Å². The molecule has 0 aromatic heterocycles. The average Bonchev–Trinajstić information content (AvgIpc) is 3.15. The monoisotopic (exact) mass is 678 g/mol. The van der Waals surface area contributed by atoms with Crippen LogP contribution in [0.4, 0.5) is 0 Å². The minimum Gasteiger partial charge on any atom is -0.493 e. The molecule has 1 fully saturated rings. The Morgan fingerprint density at radius 1 is 0.837 bits per heavy atom. The van der Waals surface area contributed by atoms with Crippen molar-refractivity contribution in [2.45, 2.75) is 63.5 Å². The maximum Gasteiger partial charge on any atom is 0.329 e. The van der Waals surface area contributed by atoms with Crippen LogP contribution in [0.25, 0.3) is 0 Å². The molecule has 0 spiro atoms. The van der Waals surface area contributed by atoms with Crippen molar-refractivity contribution in [2.24, 2.45) is 5.73 Å². The smallest absolute Gasteiger partial charge is 0.329 e. The lowest BCUT2D eigenvalue weighted by Gasteiger charge is -2.37. The van der Waals surface area contributed by atoms with Gasteiger partial charge in [-0.05, 0) is 91.6 Å². The molecular formula is C38H50N2O9. The SMILES string of the molecule is CC[C@@H](C(=O)N1CCCC[C@@H]1C(=O)O[C@@H](CCc1ccc(OC)c(OC)c1)c1cccc(OCCN)c1)c1cc(OC)c(OC)c(OC)c1. The highest BCUT2D eigenvalue weighted by Crippen LogP contribution is 2.41. The van der Waals surface area contributed by atoms with Crippen LogP contribution < -0.4 is 34.2 Å². The standard InChI is InChI=1S/C38H50N2O9/c1-7-29(27-23-34(45-4)36(47-6)35(24-27)46-5)37(41)40-19-9-8-13-30(40)38(42)49-31(26-11-10-12-28(22-26)48-20-18-39)16-14-25-15-17-32(43-2)33(21-25)44-3/h10-12,15,17,21-24,29-31H,7-9,13-14,16,18-20,39H2,1-6H3/t29-,30-,31+/m1/s1. The van der Waals surface area contributed by atoms with Crippen molar-refractivity contribution < 1.29 is 42.7 Å². The molecule has 0 bridgehead atoms. The number of hydrogen-bond acceptors (Lipinski definition) is 10. The molecule has 11 heteroatoms. The zero-order valence-corrected chi connectivity index (χ0v) is 29.5. The van der Waals surface area contributed by atoms with Crippen LogP contribution in [0.15, 0.2) is 54.6 Å². The molecule has 3 aromatic rings. The molecule has 1 saturated heterocycles. The molecule has 2 N–H and O–H groups in total. The fraction of sp³-hybridized carbons (Fsp3) is 0.474. The van der Waals surface area contributed by atoms with Gasteiger partial charge in [-0.15, -0.1) is 0 Å². The largest absolute Gasteiger partial charge is 0.493 e. The molecule has 1 heterocycles. The number of methoxy groups -OCH3 is 5. The Bertz CT molecular complexity index is 1520. The Morgan fingerprint density at radius 3 is 2.18 bits per heavy atom. The van der Waals surface area contributed by atoms with Crippen molar-refractivity contribution in [2.75, 3.05) is 55.2 Å². The van der Waals surface area contributed by atoms with Crippen LogP contribution in [0, 0.1) is 0 Å². The number of piperidine rings is 1. The van der Waals surface area contributed by atoms with Crippen LogP contribution >= 0.6 is 0 Å². The Hall–Kier alpha value is -4.64. The van der Waals surface area contributed by atoms with Gasteiger partial charge in [-0.2, -0.15) is 0 Å². The van der Waals surface area contributed by atoms with E-state index in [0.717, 1.165) is 29.5 Å². The van der Waals surface area contributed by atoms with Crippen LogP contribution in [-0.2, 0) is 20.7 Å². The summed E-state index contributed by atoms with van der Waals surface area (Å²) in [6, 6.07) is 16.2. The summed E-state index contributed by atoms with van der Waals surface area (Å²) in [5.74, 6) is 2.18. The van der Waals surface area contributed by atoms with Gasteiger partial charge in [0.05, 0.1) is 41.5 Å². The van der Waals surface area contributed by atoms with Gasteiger partial charge in [0.15, 0.2) is 23.0 Å². The number of esters is 1. The molecule has 0 aliphatic carbocycles. The third-order valence-corrected chi connectivity index (χ3v) is 8.87. The number of benzene rings is 3. The number of ether oxygens (including phenoxy) is 7. The molecule has 0 unspecified atom stereocenters. The van der Waals surface area contributed by atoms with Crippen molar-refractivity contribution in [3.05, 3.63) is 71.3 Å². The van der Waals surface area contributed by atoms with E-state index in [1.807, 2.05) is 49.4 Å². The summed E-state index contributed by atoms with van der Waals surface area (Å²) < 4.78 is 39.6. The second kappa shape index (κ2) is 18.2. The summed E-state index contributed by atoms with van der Waals surface area (Å²) >= 11 is 0. The Labute approximate surface area is 289 Å². The van der Waals surface area contributed by atoms with Gasteiger partial charge >= 0.3 is 5.97 Å². The van der Waals surface area contributed by atoms with Gasteiger partial charge in [0.2, 0.25) is 11.7 Å². The summed E-state index contributed by atoms with van der Waals surface area (Å²) in [6.07, 6.45) is 3.12. The first-order chi connectivity index (χ1) is 23.8. The summed E-state index contributed by atoms with van der Waals surface area (Å²) in [5, 5.41) is 0. The molecule has 1 amide bonds. The first kappa shape index (κ1) is 37.2. The summed E-state index contributed by atoms with van der Waals surface area (Å²) in [5.41, 5.74) is 8.18. The molecule has 266 valence electrons. The third kappa shape index (κ3) is 9.08. The van der Waals surface area contributed by atoms with Crippen LogP contribution in [0.1, 0.15) is 67.7 Å². The fourth-order valence-electron chi connectivity index (χ4n) is 6.32. The highest BCUT2D eigenvalue weighted by atomic mass is 16.5. The normalized spacial score (nSPS) is 15.5. The molecule has 0 radical (unpaired) electrons. The van der Waals surface area contributed by atoms with E-state index in [1.54, 1.807) is 45.5 Å². The summed E-state index contributed by atoms with van der Waals surface area (Å²) in [4.78, 5) is 30.1. The highest BCUT2D eigenvalue weighted by molar-refractivity contribution is 5.89. The molecule has 1 aliphatic rings. The molecule has 3 atom stereocenters. The lowest BCUT2D eigenvalue weighted by atomic mass is 9.91. The minimum absolute atomic E-state index is 0.141. The van der Waals surface area contributed by atoms with Gasteiger partial charge in [-0.25, -0.2) is 4.79 Å². The number of carbonyl (C=O) groups is 2. The number of nitrogens with two attached hydrogens (primary N) is 1. The van der Waals surface area contributed by atoms with E-state index >= 15 is 0 Å². The van der Waals surface area contributed by atoms with E-state index in [4.69, 9.17) is 38.9 Å². The quantitative estimate of drug-likeness (QED) is 0.174. The van der Waals surface area contributed by atoms with Crippen molar-refractivity contribution in [3.63, 3.8) is 0 Å². The number of aryl methyl sites for hydroxylation is 1. The Balaban J connectivity index is 1.61. The molecule has 4 rings (SSSR count). The van der Waals surface area contributed by atoms with E-state index in [9.17, 15) is 9.59 Å². The van der Waals surface area contributed by atoms with Gasteiger partial charge < -0.3 is 43.8 Å². The van der Waals surface area contributed by atoms with Gasteiger partial charge in [0.25, 0.3) is 0 Å². The minimum atomic E-state index is -0.724. The maximum absolute atomic E-state index is 14.3. The highest BCUT2D eigenvalue weighted by Gasteiger charge is 2.38. The maximum atomic E-state index is 14.3. The molecule has 1 aliphatic heterocycles. The molecule has 49 heavy (non-hydrogen) atoms. The van der Waals surface area contributed by atoms with Gasteiger partial charge in [-0.1, -0.05) is 25.1 Å². The van der Waals surface area contributed by atoms with E-state index in [-0.39, 0.29) is 5.91 Å². The number of likely N-dealkylation sites (tertiary alicyclic amines) is 1. The van der Waals surface area contributed by atoms with E-state index in [1.165, 1.54) is 7.11 Å². The van der Waals surface area contributed by atoms with Crippen molar-refractivity contribution in [1.82, 2.24) is 4.90 Å². The van der Waals surface area contributed by atoms with Crippen LogP contribution in [-0.4, -0.2) is 78.1 Å². The molecule has 11 nitrogen and oxygen atoms in total. The van der Waals surface area contributed by atoms with Crippen molar-refractivity contribution in [3.8, 4) is 34.5 Å². The molecule has 0 saturated carbocycles. The van der Waals surface area contributed by atoms with Crippen LogP contribution in [0.3, 0.4) is 0 Å². The van der Waals surface area contributed by atoms with Crippen molar-refractivity contribution >= 4 is 11.9 Å². The van der Waals surface area contributed by atoms with Gasteiger partial charge in [0.1, 0.15) is 24.5 Å². The molecule has 3 aromatic carbocycles. The van der Waals surface area contributed by atoms with Gasteiger partial charge in [-0.3, -0.25) is 4.79 Å². The number of rotatable bonds is 17. The zero-order valence-electron chi connectivity index (χ0n) is 29.5. The third-order valence-electron chi connectivity index (χ3n) is 8.87. The number of carbonyl (C=O) groups excluding carboxylic acids is 2. The number of nitrogens with zero attached hydrogens (tertiary/aromatic N) is 1.